The quantitative estimate of drug-likeness (QED) is 0.621. The highest BCUT2D eigenvalue weighted by Crippen LogP contribution is 2.13. The minimum atomic E-state index is -0.0334. The van der Waals surface area contributed by atoms with Crippen LogP contribution in [-0.2, 0) is 11.2 Å². The number of thiophene rings is 1. The highest BCUT2D eigenvalue weighted by atomic mass is 32.1. The zero-order chi connectivity index (χ0) is 15.6. The van der Waals surface area contributed by atoms with Gasteiger partial charge in [0.2, 0.25) is 5.91 Å². The van der Waals surface area contributed by atoms with E-state index in [-0.39, 0.29) is 12.5 Å². The first-order valence-corrected chi connectivity index (χ1v) is 8.29. The molecule has 0 aromatic carbocycles. The van der Waals surface area contributed by atoms with Crippen molar-refractivity contribution < 1.29 is 9.90 Å². The Morgan fingerprint density at radius 1 is 1.23 bits per heavy atom. The van der Waals surface area contributed by atoms with Crippen molar-refractivity contribution in [2.75, 3.05) is 23.8 Å². The molecular formula is C16H21N3O2S. The van der Waals surface area contributed by atoms with E-state index in [4.69, 9.17) is 5.11 Å². The third-order valence-electron chi connectivity index (χ3n) is 3.10. The summed E-state index contributed by atoms with van der Waals surface area (Å²) in [4.78, 5) is 17.2. The summed E-state index contributed by atoms with van der Waals surface area (Å²) in [6.07, 6.45) is 4.89. The molecule has 0 radical (unpaired) electrons. The van der Waals surface area contributed by atoms with Crippen molar-refractivity contribution in [3.05, 3.63) is 40.7 Å². The van der Waals surface area contributed by atoms with Crippen molar-refractivity contribution in [2.24, 2.45) is 0 Å². The molecule has 22 heavy (non-hydrogen) atoms. The number of nitrogens with one attached hydrogen (secondary N) is 2. The first kappa shape index (κ1) is 16.5. The molecule has 0 spiro atoms. The van der Waals surface area contributed by atoms with Crippen LogP contribution in [0, 0.1) is 0 Å². The molecule has 1 amide bonds. The molecule has 5 nitrogen and oxygen atoms in total. The number of anilines is 2. The summed E-state index contributed by atoms with van der Waals surface area (Å²) in [6, 6.07) is 7.59. The molecule has 118 valence electrons. The molecule has 2 aromatic heterocycles. The molecule has 2 heterocycles. The average Bonchev–Trinajstić information content (AvgIpc) is 3.01. The van der Waals surface area contributed by atoms with Crippen LogP contribution in [0.15, 0.2) is 35.8 Å². The molecule has 0 atom stereocenters. The number of aromatic nitrogens is 1. The van der Waals surface area contributed by atoms with Gasteiger partial charge in [-0.05, 0) is 42.8 Å². The summed E-state index contributed by atoms with van der Waals surface area (Å²) in [5, 5.41) is 16.7. The molecule has 2 aromatic rings. The summed E-state index contributed by atoms with van der Waals surface area (Å²) in [6.45, 7) is 1.08. The van der Waals surface area contributed by atoms with Crippen LogP contribution in [0.2, 0.25) is 0 Å². The van der Waals surface area contributed by atoms with Gasteiger partial charge in [0.25, 0.3) is 0 Å². The predicted molar refractivity (Wildman–Crippen MR) is 90.3 cm³/mol. The number of carbonyl (C=O) groups is 1. The van der Waals surface area contributed by atoms with Crippen LogP contribution in [-0.4, -0.2) is 29.1 Å². The lowest BCUT2D eigenvalue weighted by Crippen LogP contribution is -2.14. The third kappa shape index (κ3) is 5.83. The van der Waals surface area contributed by atoms with Gasteiger partial charge in [-0.25, -0.2) is 4.98 Å². The smallest absolute Gasteiger partial charge is 0.229 e. The zero-order valence-corrected chi connectivity index (χ0v) is 13.2. The first-order chi connectivity index (χ1) is 10.8. The Bertz CT molecular complexity index is 555. The second-order valence-electron chi connectivity index (χ2n) is 4.95. The van der Waals surface area contributed by atoms with E-state index in [1.165, 1.54) is 0 Å². The van der Waals surface area contributed by atoms with Crippen LogP contribution in [0.4, 0.5) is 11.5 Å². The Morgan fingerprint density at radius 3 is 2.82 bits per heavy atom. The number of unbranched alkanes of at least 4 members (excludes halogenated alkanes) is 2. The fourth-order valence-electron chi connectivity index (χ4n) is 1.98. The molecular weight excluding hydrogens is 298 g/mol. The number of carbonyl (C=O) groups excluding carboxylic acids is 1. The summed E-state index contributed by atoms with van der Waals surface area (Å²) in [5.41, 5.74) is 0.701. The number of aliphatic hydroxyl groups excluding tert-OH is 1. The van der Waals surface area contributed by atoms with E-state index >= 15 is 0 Å². The molecule has 0 fully saturated rings. The molecule has 0 aliphatic carbocycles. The van der Waals surface area contributed by atoms with Crippen LogP contribution in [0.25, 0.3) is 0 Å². The number of hydrogen-bond acceptors (Lipinski definition) is 5. The number of rotatable bonds is 9. The molecule has 0 unspecified atom stereocenters. The highest BCUT2D eigenvalue weighted by Gasteiger charge is 2.05. The first-order valence-electron chi connectivity index (χ1n) is 7.41. The summed E-state index contributed by atoms with van der Waals surface area (Å²) in [5.74, 6) is 0.759. The predicted octanol–water partition coefficient (Wildman–Crippen LogP) is 2.90. The van der Waals surface area contributed by atoms with E-state index in [9.17, 15) is 4.79 Å². The Hall–Kier alpha value is -1.92. The molecule has 0 bridgehead atoms. The van der Waals surface area contributed by atoms with Gasteiger partial charge < -0.3 is 15.7 Å². The van der Waals surface area contributed by atoms with Crippen molar-refractivity contribution in [1.29, 1.82) is 0 Å². The van der Waals surface area contributed by atoms with Crippen molar-refractivity contribution in [1.82, 2.24) is 4.98 Å². The van der Waals surface area contributed by atoms with E-state index in [0.29, 0.717) is 12.1 Å². The average molecular weight is 319 g/mol. The van der Waals surface area contributed by atoms with Crippen LogP contribution in [0.1, 0.15) is 24.1 Å². The van der Waals surface area contributed by atoms with Crippen molar-refractivity contribution in [3.8, 4) is 0 Å². The lowest BCUT2D eigenvalue weighted by atomic mass is 10.2. The molecule has 6 heteroatoms. The summed E-state index contributed by atoms with van der Waals surface area (Å²) < 4.78 is 0. The van der Waals surface area contributed by atoms with Crippen molar-refractivity contribution in [3.63, 3.8) is 0 Å². The van der Waals surface area contributed by atoms with E-state index in [0.717, 1.165) is 36.5 Å². The normalized spacial score (nSPS) is 10.4. The van der Waals surface area contributed by atoms with E-state index in [1.807, 2.05) is 29.6 Å². The minimum absolute atomic E-state index is 0.0334. The van der Waals surface area contributed by atoms with Crippen molar-refractivity contribution in [2.45, 2.75) is 25.7 Å². The van der Waals surface area contributed by atoms with E-state index in [1.54, 1.807) is 17.5 Å². The molecule has 0 aliphatic rings. The number of aliphatic hydroxyl groups is 1. The molecule has 3 N–H and O–H groups in total. The van der Waals surface area contributed by atoms with Gasteiger partial charge in [-0.2, -0.15) is 0 Å². The summed E-state index contributed by atoms with van der Waals surface area (Å²) in [7, 11) is 0. The highest BCUT2D eigenvalue weighted by molar-refractivity contribution is 7.10. The fourth-order valence-corrected chi connectivity index (χ4v) is 2.68. The largest absolute Gasteiger partial charge is 0.396 e. The van der Waals surface area contributed by atoms with Gasteiger partial charge in [0.05, 0.1) is 18.3 Å². The molecule has 0 saturated carbocycles. The Labute approximate surface area is 134 Å². The van der Waals surface area contributed by atoms with Crippen molar-refractivity contribution >= 4 is 28.7 Å². The van der Waals surface area contributed by atoms with Gasteiger partial charge in [0.1, 0.15) is 5.82 Å². The second-order valence-corrected chi connectivity index (χ2v) is 5.98. The van der Waals surface area contributed by atoms with Crippen LogP contribution in [0.3, 0.4) is 0 Å². The minimum Gasteiger partial charge on any atom is -0.396 e. The fraction of sp³-hybridized carbons (Fsp3) is 0.375. The Morgan fingerprint density at radius 2 is 2.14 bits per heavy atom. The van der Waals surface area contributed by atoms with Gasteiger partial charge >= 0.3 is 0 Å². The van der Waals surface area contributed by atoms with E-state index < -0.39 is 0 Å². The number of amides is 1. The topological polar surface area (TPSA) is 74.2 Å². The Kier molecular flexibility index (Phi) is 6.86. The van der Waals surface area contributed by atoms with Gasteiger partial charge in [0, 0.05) is 18.0 Å². The number of hydrogen-bond donors (Lipinski definition) is 3. The van der Waals surface area contributed by atoms with Gasteiger partial charge in [0.15, 0.2) is 0 Å². The Balaban J connectivity index is 1.73. The molecule has 2 rings (SSSR count). The monoisotopic (exact) mass is 319 g/mol. The maximum Gasteiger partial charge on any atom is 0.229 e. The zero-order valence-electron chi connectivity index (χ0n) is 12.4. The maximum atomic E-state index is 11.9. The van der Waals surface area contributed by atoms with Crippen LogP contribution >= 0.6 is 11.3 Å². The maximum absolute atomic E-state index is 11.9. The summed E-state index contributed by atoms with van der Waals surface area (Å²) >= 11 is 1.58. The lowest BCUT2D eigenvalue weighted by molar-refractivity contribution is -0.115. The van der Waals surface area contributed by atoms with Crippen LogP contribution < -0.4 is 10.6 Å². The third-order valence-corrected chi connectivity index (χ3v) is 3.98. The standard InChI is InChI=1S/C16H21N3O2S/c20-9-3-1-2-8-17-15-7-6-13(12-18-15)19-16(21)11-14-5-4-10-22-14/h4-7,10,12,20H,1-3,8-9,11H2,(H,17,18)(H,19,21). The second kappa shape index (κ2) is 9.17. The number of pyridine rings is 1. The molecule has 0 aliphatic heterocycles. The number of nitrogens with zero attached hydrogens (tertiary/aromatic N) is 1. The van der Waals surface area contributed by atoms with Gasteiger partial charge in [-0.3, -0.25) is 4.79 Å². The SMILES string of the molecule is O=C(Cc1cccs1)Nc1ccc(NCCCCCO)nc1. The molecule has 0 saturated heterocycles. The van der Waals surface area contributed by atoms with Gasteiger partial charge in [-0.15, -0.1) is 11.3 Å². The van der Waals surface area contributed by atoms with E-state index in [2.05, 4.69) is 15.6 Å². The van der Waals surface area contributed by atoms with Crippen LogP contribution in [0.5, 0.6) is 0 Å². The van der Waals surface area contributed by atoms with Gasteiger partial charge in [-0.1, -0.05) is 6.07 Å². The lowest BCUT2D eigenvalue weighted by Gasteiger charge is -2.07.